The third-order valence-corrected chi connectivity index (χ3v) is 6.14. The average Bonchev–Trinajstić information content (AvgIpc) is 2.71. The van der Waals surface area contributed by atoms with Crippen LogP contribution in [0.25, 0.3) is 0 Å². The van der Waals surface area contributed by atoms with Crippen LogP contribution in [0.15, 0.2) is 41.3 Å². The molecule has 0 saturated heterocycles. The third-order valence-electron chi connectivity index (χ3n) is 4.33. The zero-order valence-electron chi connectivity index (χ0n) is 17.2. The molecule has 0 aliphatic heterocycles. The Balaban J connectivity index is 2.19. The number of hydrogen-bond acceptors (Lipinski definition) is 6. The summed E-state index contributed by atoms with van der Waals surface area (Å²) < 4.78 is 41.7. The molecule has 0 saturated carbocycles. The fourth-order valence-electron chi connectivity index (χ4n) is 2.77. The van der Waals surface area contributed by atoms with Crippen LogP contribution in [0, 0.1) is 0 Å². The molecule has 2 rings (SSSR count). The van der Waals surface area contributed by atoms with Crippen LogP contribution < -0.4 is 19.5 Å². The van der Waals surface area contributed by atoms with E-state index in [0.29, 0.717) is 23.7 Å². The van der Waals surface area contributed by atoms with Crippen molar-refractivity contribution in [3.05, 3.63) is 42.0 Å². The molecule has 2 aromatic rings. The first-order valence-electron chi connectivity index (χ1n) is 8.84. The minimum atomic E-state index is -3.64. The largest absolute Gasteiger partial charge is 0.495 e. The molecule has 0 bridgehead atoms. The highest BCUT2D eigenvalue weighted by Crippen LogP contribution is 2.32. The second-order valence-electron chi connectivity index (χ2n) is 6.35. The molecule has 1 amide bonds. The number of aryl methyl sites for hydroxylation is 1. The van der Waals surface area contributed by atoms with Crippen LogP contribution >= 0.6 is 0 Å². The zero-order chi connectivity index (χ0) is 21.6. The monoisotopic (exact) mass is 422 g/mol. The van der Waals surface area contributed by atoms with E-state index < -0.39 is 10.0 Å². The Morgan fingerprint density at radius 2 is 1.69 bits per heavy atom. The minimum absolute atomic E-state index is 0.0630. The van der Waals surface area contributed by atoms with E-state index in [-0.39, 0.29) is 22.9 Å². The van der Waals surface area contributed by atoms with E-state index in [9.17, 15) is 13.2 Å². The second kappa shape index (κ2) is 9.62. The standard InChI is InChI=1S/C20H26N2O6S/c1-22(2)29(24,25)15-10-11-17(26-3)16(13-15)21-19(23)12-9-14-7-6-8-18(27-4)20(14)28-5/h6-8,10-11,13H,9,12H2,1-5H3,(H,21,23). The molecule has 0 aromatic heterocycles. The topological polar surface area (TPSA) is 94.2 Å². The van der Waals surface area contributed by atoms with E-state index >= 15 is 0 Å². The molecule has 8 nitrogen and oxygen atoms in total. The summed E-state index contributed by atoms with van der Waals surface area (Å²) in [6.45, 7) is 0. The van der Waals surface area contributed by atoms with Gasteiger partial charge in [-0.05, 0) is 36.2 Å². The number of anilines is 1. The number of hydrogen-bond donors (Lipinski definition) is 1. The Labute approximate surface area is 171 Å². The van der Waals surface area contributed by atoms with Gasteiger partial charge in [0.05, 0.1) is 31.9 Å². The highest BCUT2D eigenvalue weighted by Gasteiger charge is 2.20. The van der Waals surface area contributed by atoms with Gasteiger partial charge < -0.3 is 19.5 Å². The highest BCUT2D eigenvalue weighted by atomic mass is 32.2. The number of methoxy groups -OCH3 is 3. The summed E-state index contributed by atoms with van der Waals surface area (Å²) in [5.74, 6) is 1.26. The number of nitrogens with zero attached hydrogens (tertiary/aromatic N) is 1. The first-order chi connectivity index (χ1) is 13.7. The van der Waals surface area contributed by atoms with Gasteiger partial charge in [0.15, 0.2) is 11.5 Å². The van der Waals surface area contributed by atoms with Crippen LogP contribution in [0.1, 0.15) is 12.0 Å². The van der Waals surface area contributed by atoms with Gasteiger partial charge in [0.25, 0.3) is 0 Å². The molecule has 0 heterocycles. The first-order valence-corrected chi connectivity index (χ1v) is 10.3. The number of nitrogens with one attached hydrogen (secondary N) is 1. The fourth-order valence-corrected chi connectivity index (χ4v) is 3.70. The van der Waals surface area contributed by atoms with Gasteiger partial charge in [-0.2, -0.15) is 0 Å². The van der Waals surface area contributed by atoms with Gasteiger partial charge >= 0.3 is 0 Å². The number of rotatable bonds is 9. The van der Waals surface area contributed by atoms with Gasteiger partial charge in [-0.15, -0.1) is 0 Å². The molecule has 0 fully saturated rings. The number of ether oxygens (including phenoxy) is 3. The van der Waals surface area contributed by atoms with Gasteiger partial charge in [0.1, 0.15) is 5.75 Å². The lowest BCUT2D eigenvalue weighted by Gasteiger charge is -2.15. The number of benzene rings is 2. The van der Waals surface area contributed by atoms with E-state index in [1.54, 1.807) is 20.3 Å². The fraction of sp³-hybridized carbons (Fsp3) is 0.350. The number of para-hydroxylation sites is 1. The van der Waals surface area contributed by atoms with Gasteiger partial charge in [-0.25, -0.2) is 12.7 Å². The summed E-state index contributed by atoms with van der Waals surface area (Å²) >= 11 is 0. The molecule has 0 aliphatic carbocycles. The highest BCUT2D eigenvalue weighted by molar-refractivity contribution is 7.89. The van der Waals surface area contributed by atoms with Gasteiger partial charge in [-0.1, -0.05) is 12.1 Å². The van der Waals surface area contributed by atoms with Crippen LogP contribution in [0.4, 0.5) is 5.69 Å². The molecule has 0 atom stereocenters. The van der Waals surface area contributed by atoms with Crippen molar-refractivity contribution < 1.29 is 27.4 Å². The predicted molar refractivity (Wildman–Crippen MR) is 110 cm³/mol. The summed E-state index contributed by atoms with van der Waals surface area (Å²) in [5.41, 5.74) is 1.12. The summed E-state index contributed by atoms with van der Waals surface area (Å²) in [5, 5.41) is 2.73. The molecule has 0 aliphatic rings. The Morgan fingerprint density at radius 3 is 2.28 bits per heavy atom. The second-order valence-corrected chi connectivity index (χ2v) is 8.50. The Morgan fingerprint density at radius 1 is 1.00 bits per heavy atom. The molecule has 2 aromatic carbocycles. The summed E-state index contributed by atoms with van der Waals surface area (Å²) in [7, 11) is 3.80. The lowest BCUT2D eigenvalue weighted by molar-refractivity contribution is -0.116. The maximum absolute atomic E-state index is 12.5. The summed E-state index contributed by atoms with van der Waals surface area (Å²) in [6.07, 6.45) is 0.585. The Hall–Kier alpha value is -2.78. The molecule has 9 heteroatoms. The van der Waals surface area contributed by atoms with Crippen molar-refractivity contribution >= 4 is 21.6 Å². The summed E-state index contributed by atoms with van der Waals surface area (Å²) in [6, 6.07) is 9.80. The molecule has 0 unspecified atom stereocenters. The molecule has 0 spiro atoms. The normalized spacial score (nSPS) is 11.2. The van der Waals surface area contributed by atoms with Crippen molar-refractivity contribution in [3.63, 3.8) is 0 Å². The van der Waals surface area contributed by atoms with Gasteiger partial charge in [-0.3, -0.25) is 4.79 Å². The molecular formula is C20H26N2O6S. The van der Waals surface area contributed by atoms with Crippen LogP contribution in [-0.4, -0.2) is 54.1 Å². The minimum Gasteiger partial charge on any atom is -0.495 e. The van der Waals surface area contributed by atoms with Crippen molar-refractivity contribution in [3.8, 4) is 17.2 Å². The third kappa shape index (κ3) is 5.18. The van der Waals surface area contributed by atoms with Crippen molar-refractivity contribution in [1.29, 1.82) is 0 Å². The van der Waals surface area contributed by atoms with E-state index in [2.05, 4.69) is 5.32 Å². The van der Waals surface area contributed by atoms with Crippen molar-refractivity contribution in [2.75, 3.05) is 40.7 Å². The van der Waals surface area contributed by atoms with Crippen LogP contribution in [0.2, 0.25) is 0 Å². The predicted octanol–water partition coefficient (Wildman–Crippen LogP) is 2.53. The zero-order valence-corrected chi connectivity index (χ0v) is 18.0. The van der Waals surface area contributed by atoms with Gasteiger partial charge in [0, 0.05) is 20.5 Å². The smallest absolute Gasteiger partial charge is 0.242 e. The van der Waals surface area contributed by atoms with Crippen LogP contribution in [-0.2, 0) is 21.2 Å². The molecular weight excluding hydrogens is 396 g/mol. The van der Waals surface area contributed by atoms with Crippen molar-refractivity contribution in [1.82, 2.24) is 4.31 Å². The number of amides is 1. The lowest BCUT2D eigenvalue weighted by atomic mass is 10.1. The SMILES string of the molecule is COc1ccc(S(=O)(=O)N(C)C)cc1NC(=O)CCc1cccc(OC)c1OC. The molecule has 1 N–H and O–H groups in total. The maximum Gasteiger partial charge on any atom is 0.242 e. The van der Waals surface area contributed by atoms with Crippen LogP contribution in [0.5, 0.6) is 17.2 Å². The quantitative estimate of drug-likeness (QED) is 0.667. The van der Waals surface area contributed by atoms with E-state index in [0.717, 1.165) is 9.87 Å². The van der Waals surface area contributed by atoms with Gasteiger partial charge in [0.2, 0.25) is 15.9 Å². The number of carbonyl (C=O) groups excluding carboxylic acids is 1. The molecule has 29 heavy (non-hydrogen) atoms. The Bertz CT molecular complexity index is 973. The van der Waals surface area contributed by atoms with E-state index in [4.69, 9.17) is 14.2 Å². The summed E-state index contributed by atoms with van der Waals surface area (Å²) in [4.78, 5) is 12.6. The first kappa shape index (κ1) is 22.5. The van der Waals surface area contributed by atoms with E-state index in [1.165, 1.54) is 39.4 Å². The number of carbonyl (C=O) groups is 1. The maximum atomic E-state index is 12.5. The van der Waals surface area contributed by atoms with E-state index in [1.807, 2.05) is 12.1 Å². The lowest BCUT2D eigenvalue weighted by Crippen LogP contribution is -2.22. The average molecular weight is 423 g/mol. The Kier molecular flexibility index (Phi) is 7.46. The number of sulfonamides is 1. The van der Waals surface area contributed by atoms with Crippen molar-refractivity contribution in [2.24, 2.45) is 0 Å². The van der Waals surface area contributed by atoms with Crippen LogP contribution in [0.3, 0.4) is 0 Å². The molecule has 0 radical (unpaired) electrons. The molecule has 158 valence electrons. The van der Waals surface area contributed by atoms with Crippen molar-refractivity contribution in [2.45, 2.75) is 17.7 Å².